The lowest BCUT2D eigenvalue weighted by atomic mass is 10.1. The van der Waals surface area contributed by atoms with Gasteiger partial charge >= 0.3 is 0 Å². The molecule has 0 aromatic heterocycles. The minimum absolute atomic E-state index is 0.149. The van der Waals surface area contributed by atoms with E-state index in [0.717, 1.165) is 30.9 Å². The van der Waals surface area contributed by atoms with Crippen molar-refractivity contribution in [2.24, 2.45) is 5.92 Å². The summed E-state index contributed by atoms with van der Waals surface area (Å²) in [4.78, 5) is 0.357. The number of hydrogen-bond donors (Lipinski definition) is 2. The zero-order valence-electron chi connectivity index (χ0n) is 12.5. The molecule has 21 heavy (non-hydrogen) atoms. The summed E-state index contributed by atoms with van der Waals surface area (Å²) in [6.07, 6.45) is 6.96. The van der Waals surface area contributed by atoms with E-state index in [9.17, 15) is 8.42 Å². The fraction of sp³-hybridized carbons (Fsp3) is 0.625. The summed E-state index contributed by atoms with van der Waals surface area (Å²) in [7, 11) is -3.33. The summed E-state index contributed by atoms with van der Waals surface area (Å²) in [5, 5.41) is 3.52. The molecule has 2 aliphatic carbocycles. The molecule has 1 aromatic carbocycles. The van der Waals surface area contributed by atoms with Gasteiger partial charge in [-0.3, -0.25) is 0 Å². The Morgan fingerprint density at radius 2 is 1.81 bits per heavy atom. The summed E-state index contributed by atoms with van der Waals surface area (Å²) in [5.74, 6) is 0.893. The Hall–Kier alpha value is -1.07. The van der Waals surface area contributed by atoms with Crippen LogP contribution in [0.3, 0.4) is 0 Å². The molecule has 0 radical (unpaired) electrons. The molecule has 0 bridgehead atoms. The van der Waals surface area contributed by atoms with Crippen molar-refractivity contribution in [2.45, 2.75) is 62.4 Å². The highest BCUT2D eigenvalue weighted by molar-refractivity contribution is 7.89. The van der Waals surface area contributed by atoms with Crippen molar-refractivity contribution in [1.29, 1.82) is 0 Å². The number of benzene rings is 1. The van der Waals surface area contributed by atoms with Gasteiger partial charge in [-0.25, -0.2) is 13.1 Å². The Labute approximate surface area is 127 Å². The van der Waals surface area contributed by atoms with Crippen molar-refractivity contribution < 1.29 is 8.42 Å². The molecule has 2 N–H and O–H groups in total. The Morgan fingerprint density at radius 1 is 1.14 bits per heavy atom. The first-order valence-electron chi connectivity index (χ1n) is 7.96. The Kier molecular flexibility index (Phi) is 4.22. The van der Waals surface area contributed by atoms with E-state index in [4.69, 9.17) is 0 Å². The highest BCUT2D eigenvalue weighted by Crippen LogP contribution is 2.34. The van der Waals surface area contributed by atoms with Crippen molar-refractivity contribution >= 4 is 15.7 Å². The molecule has 1 unspecified atom stereocenters. The standard InChI is InChI=1S/C16H24N2O2S/c1-2-13(11-12-3-4-12)17-14-7-9-16(10-8-14)21(19,20)18-15-5-6-15/h7-10,12-13,15,17-18H,2-6,11H2,1H3. The molecule has 0 spiro atoms. The maximum absolute atomic E-state index is 12.1. The lowest BCUT2D eigenvalue weighted by molar-refractivity contribution is 0.581. The van der Waals surface area contributed by atoms with Crippen LogP contribution < -0.4 is 10.0 Å². The Morgan fingerprint density at radius 3 is 2.33 bits per heavy atom. The van der Waals surface area contributed by atoms with Crippen LogP contribution in [-0.2, 0) is 10.0 Å². The van der Waals surface area contributed by atoms with E-state index in [-0.39, 0.29) is 6.04 Å². The summed E-state index contributed by atoms with van der Waals surface area (Å²) in [6.45, 7) is 2.19. The molecule has 0 aliphatic heterocycles. The average Bonchev–Trinajstić information content (AvgIpc) is 3.35. The molecule has 116 valence electrons. The third-order valence-corrected chi connectivity index (χ3v) is 5.78. The molecule has 2 fully saturated rings. The van der Waals surface area contributed by atoms with Crippen molar-refractivity contribution in [1.82, 2.24) is 4.72 Å². The molecule has 3 rings (SSSR count). The third-order valence-electron chi connectivity index (χ3n) is 4.24. The Balaban J connectivity index is 1.62. The van der Waals surface area contributed by atoms with E-state index in [2.05, 4.69) is 17.0 Å². The number of anilines is 1. The minimum atomic E-state index is -3.33. The van der Waals surface area contributed by atoms with Gasteiger partial charge in [0, 0.05) is 17.8 Å². The molecule has 1 atom stereocenters. The quantitative estimate of drug-likeness (QED) is 0.776. The molecule has 4 nitrogen and oxygen atoms in total. The van der Waals surface area contributed by atoms with Gasteiger partial charge in [0.1, 0.15) is 0 Å². The van der Waals surface area contributed by atoms with Gasteiger partial charge < -0.3 is 5.32 Å². The predicted molar refractivity (Wildman–Crippen MR) is 84.8 cm³/mol. The van der Waals surface area contributed by atoms with Crippen molar-refractivity contribution in [3.05, 3.63) is 24.3 Å². The maximum atomic E-state index is 12.1. The second kappa shape index (κ2) is 5.97. The minimum Gasteiger partial charge on any atom is -0.382 e. The third kappa shape index (κ3) is 4.20. The summed E-state index contributed by atoms with van der Waals surface area (Å²) in [6, 6.07) is 7.77. The number of hydrogen-bond acceptors (Lipinski definition) is 3. The van der Waals surface area contributed by atoms with Crippen LogP contribution in [0.5, 0.6) is 0 Å². The van der Waals surface area contributed by atoms with Gasteiger partial charge in [-0.1, -0.05) is 19.8 Å². The van der Waals surface area contributed by atoms with Crippen LogP contribution in [0.4, 0.5) is 5.69 Å². The Bertz CT molecular complexity index is 575. The highest BCUT2D eigenvalue weighted by atomic mass is 32.2. The highest BCUT2D eigenvalue weighted by Gasteiger charge is 2.28. The van der Waals surface area contributed by atoms with Gasteiger partial charge in [-0.2, -0.15) is 0 Å². The van der Waals surface area contributed by atoms with Crippen LogP contribution in [0.1, 0.15) is 45.4 Å². The molecule has 2 saturated carbocycles. The van der Waals surface area contributed by atoms with Crippen molar-refractivity contribution in [2.75, 3.05) is 5.32 Å². The van der Waals surface area contributed by atoms with Crippen molar-refractivity contribution in [3.8, 4) is 0 Å². The van der Waals surface area contributed by atoms with Crippen LogP contribution in [-0.4, -0.2) is 20.5 Å². The van der Waals surface area contributed by atoms with Crippen LogP contribution in [0.25, 0.3) is 0 Å². The van der Waals surface area contributed by atoms with Crippen LogP contribution >= 0.6 is 0 Å². The molecular formula is C16H24N2O2S. The van der Waals surface area contributed by atoms with Gasteiger partial charge in [0.25, 0.3) is 0 Å². The number of nitrogens with one attached hydrogen (secondary N) is 2. The SMILES string of the molecule is CCC(CC1CC1)Nc1ccc(S(=O)(=O)NC2CC2)cc1. The molecule has 2 aliphatic rings. The van der Waals surface area contributed by atoms with Gasteiger partial charge in [-0.05, 0) is 55.9 Å². The number of sulfonamides is 1. The fourth-order valence-electron chi connectivity index (χ4n) is 2.54. The molecule has 1 aromatic rings. The molecule has 0 heterocycles. The lowest BCUT2D eigenvalue weighted by Gasteiger charge is -2.18. The summed E-state index contributed by atoms with van der Waals surface area (Å²) in [5.41, 5.74) is 1.01. The first kappa shape index (κ1) is 14.9. The van der Waals surface area contributed by atoms with Gasteiger partial charge in [0.2, 0.25) is 10.0 Å². The topological polar surface area (TPSA) is 58.2 Å². The van der Waals surface area contributed by atoms with Gasteiger partial charge in [-0.15, -0.1) is 0 Å². The second-order valence-electron chi connectivity index (χ2n) is 6.35. The van der Waals surface area contributed by atoms with Crippen LogP contribution in [0, 0.1) is 5.92 Å². The van der Waals surface area contributed by atoms with Crippen LogP contribution in [0.15, 0.2) is 29.2 Å². The molecular weight excluding hydrogens is 284 g/mol. The summed E-state index contributed by atoms with van der Waals surface area (Å²) < 4.78 is 26.9. The predicted octanol–water partition coefficient (Wildman–Crippen LogP) is 3.12. The van der Waals surface area contributed by atoms with E-state index in [0.29, 0.717) is 10.9 Å². The van der Waals surface area contributed by atoms with Gasteiger partial charge in [0.05, 0.1) is 4.90 Å². The van der Waals surface area contributed by atoms with E-state index >= 15 is 0 Å². The van der Waals surface area contributed by atoms with E-state index < -0.39 is 10.0 Å². The van der Waals surface area contributed by atoms with E-state index in [1.807, 2.05) is 12.1 Å². The normalized spacial score (nSPS) is 20.2. The monoisotopic (exact) mass is 308 g/mol. The molecule has 0 amide bonds. The smallest absolute Gasteiger partial charge is 0.240 e. The molecule has 0 saturated heterocycles. The largest absolute Gasteiger partial charge is 0.382 e. The summed E-state index contributed by atoms with van der Waals surface area (Å²) >= 11 is 0. The molecule has 5 heteroatoms. The average molecular weight is 308 g/mol. The fourth-order valence-corrected chi connectivity index (χ4v) is 3.84. The van der Waals surface area contributed by atoms with E-state index in [1.54, 1.807) is 12.1 Å². The van der Waals surface area contributed by atoms with E-state index in [1.165, 1.54) is 19.3 Å². The zero-order chi connectivity index (χ0) is 14.9. The van der Waals surface area contributed by atoms with Crippen LogP contribution in [0.2, 0.25) is 0 Å². The first-order valence-corrected chi connectivity index (χ1v) is 9.44. The second-order valence-corrected chi connectivity index (χ2v) is 8.06. The first-order chi connectivity index (χ1) is 10.1. The number of rotatable bonds is 8. The van der Waals surface area contributed by atoms with Gasteiger partial charge in [0.15, 0.2) is 0 Å². The van der Waals surface area contributed by atoms with Crippen molar-refractivity contribution in [3.63, 3.8) is 0 Å². The maximum Gasteiger partial charge on any atom is 0.240 e. The zero-order valence-corrected chi connectivity index (χ0v) is 13.3. The lowest BCUT2D eigenvalue weighted by Crippen LogP contribution is -2.25.